The molecule has 0 unspecified atom stereocenters. The average Bonchev–Trinajstić information content (AvgIpc) is 2.97. The van der Waals surface area contributed by atoms with Gasteiger partial charge in [-0.15, -0.1) is 10.2 Å². The van der Waals surface area contributed by atoms with E-state index in [1.165, 1.54) is 11.8 Å². The lowest BCUT2D eigenvalue weighted by Crippen LogP contribution is -2.15. The molecule has 0 aliphatic carbocycles. The molecule has 0 bridgehead atoms. The van der Waals surface area contributed by atoms with Crippen LogP contribution < -0.4 is 10.1 Å². The van der Waals surface area contributed by atoms with E-state index in [9.17, 15) is 4.79 Å². The van der Waals surface area contributed by atoms with Crippen LogP contribution in [0.5, 0.6) is 5.75 Å². The predicted octanol–water partition coefficient (Wildman–Crippen LogP) is 2.99. The number of amides is 1. The van der Waals surface area contributed by atoms with Gasteiger partial charge in [-0.3, -0.25) is 4.79 Å². The second kappa shape index (κ2) is 8.57. The van der Waals surface area contributed by atoms with Crippen LogP contribution in [0.2, 0.25) is 0 Å². The van der Waals surface area contributed by atoms with Crippen LogP contribution in [0.25, 0.3) is 0 Å². The number of ether oxygens (including phenoxy) is 1. The topological polar surface area (TPSA) is 69.0 Å². The normalized spacial score (nSPS) is 10.6. The van der Waals surface area contributed by atoms with Crippen LogP contribution in [0.3, 0.4) is 0 Å². The number of aromatic nitrogens is 3. The van der Waals surface area contributed by atoms with E-state index in [0.29, 0.717) is 18.0 Å². The molecule has 1 heterocycles. The van der Waals surface area contributed by atoms with Crippen molar-refractivity contribution in [2.45, 2.75) is 38.9 Å². The number of aryl methyl sites for hydroxylation is 1. The molecular weight excluding hydrogens is 312 g/mol. The summed E-state index contributed by atoms with van der Waals surface area (Å²) in [6, 6.07) is 7.42. The molecule has 1 N–H and O–H groups in total. The molecule has 0 atom stereocenters. The summed E-state index contributed by atoms with van der Waals surface area (Å²) in [6.07, 6.45) is 0.829. The summed E-state index contributed by atoms with van der Waals surface area (Å²) in [5, 5.41) is 12.0. The number of nitrogens with zero attached hydrogens (tertiary/aromatic N) is 3. The van der Waals surface area contributed by atoms with E-state index in [4.69, 9.17) is 4.74 Å². The first-order valence-corrected chi connectivity index (χ1v) is 8.74. The monoisotopic (exact) mass is 334 g/mol. The summed E-state index contributed by atoms with van der Waals surface area (Å²) < 4.78 is 7.54. The van der Waals surface area contributed by atoms with Gasteiger partial charge in [0.25, 0.3) is 0 Å². The van der Waals surface area contributed by atoms with Crippen LogP contribution in [-0.2, 0) is 17.8 Å². The fourth-order valence-electron chi connectivity index (χ4n) is 2.17. The van der Waals surface area contributed by atoms with E-state index in [1.54, 1.807) is 0 Å². The van der Waals surface area contributed by atoms with Gasteiger partial charge < -0.3 is 14.6 Å². The Morgan fingerprint density at radius 3 is 2.74 bits per heavy atom. The Morgan fingerprint density at radius 2 is 2.04 bits per heavy atom. The van der Waals surface area contributed by atoms with E-state index < -0.39 is 0 Å². The molecule has 0 radical (unpaired) electrons. The summed E-state index contributed by atoms with van der Waals surface area (Å²) in [6.45, 7) is 7.36. The molecule has 0 aliphatic heterocycles. The number of carbonyl (C=O) groups excluding carboxylic acids is 1. The lowest BCUT2D eigenvalue weighted by Gasteiger charge is -2.11. The first-order chi connectivity index (χ1) is 11.2. The van der Waals surface area contributed by atoms with Crippen molar-refractivity contribution in [3.8, 4) is 5.75 Å². The lowest BCUT2D eigenvalue weighted by molar-refractivity contribution is -0.113. The molecule has 1 amide bonds. The van der Waals surface area contributed by atoms with Gasteiger partial charge in [-0.1, -0.05) is 30.8 Å². The van der Waals surface area contributed by atoms with Gasteiger partial charge in [0.15, 0.2) is 5.16 Å². The number of nitrogens with one attached hydrogen (secondary N) is 1. The van der Waals surface area contributed by atoms with E-state index in [0.717, 1.165) is 23.9 Å². The molecule has 2 rings (SSSR count). The van der Waals surface area contributed by atoms with Gasteiger partial charge >= 0.3 is 0 Å². The van der Waals surface area contributed by atoms with E-state index in [-0.39, 0.29) is 11.7 Å². The summed E-state index contributed by atoms with van der Waals surface area (Å²) in [4.78, 5) is 12.2. The van der Waals surface area contributed by atoms with Gasteiger partial charge in [-0.2, -0.15) is 0 Å². The molecule has 7 heteroatoms. The van der Waals surface area contributed by atoms with Gasteiger partial charge in [-0.05, 0) is 26.0 Å². The molecule has 1 aromatic carbocycles. The Bertz CT molecular complexity index is 657. The number of rotatable bonds is 8. The first kappa shape index (κ1) is 17.3. The molecule has 2 aromatic rings. The number of anilines is 1. The van der Waals surface area contributed by atoms with Gasteiger partial charge in [0.2, 0.25) is 5.91 Å². The average molecular weight is 334 g/mol. The highest BCUT2D eigenvalue weighted by Gasteiger charge is 2.13. The molecule has 124 valence electrons. The largest absolute Gasteiger partial charge is 0.492 e. The maximum atomic E-state index is 12.2. The maximum Gasteiger partial charge on any atom is 0.234 e. The Kier molecular flexibility index (Phi) is 6.46. The van der Waals surface area contributed by atoms with Crippen molar-refractivity contribution >= 4 is 23.4 Å². The second-order valence-electron chi connectivity index (χ2n) is 4.76. The summed E-state index contributed by atoms with van der Waals surface area (Å²) in [5.74, 6) is 1.81. The number of hydrogen-bond acceptors (Lipinski definition) is 5. The molecule has 0 aliphatic rings. The smallest absolute Gasteiger partial charge is 0.234 e. The van der Waals surface area contributed by atoms with Crippen molar-refractivity contribution in [3.05, 3.63) is 30.1 Å². The number of benzene rings is 1. The van der Waals surface area contributed by atoms with Gasteiger partial charge in [-0.25, -0.2) is 0 Å². The third-order valence-electron chi connectivity index (χ3n) is 3.22. The molecule has 1 aromatic heterocycles. The van der Waals surface area contributed by atoms with Crippen LogP contribution in [-0.4, -0.2) is 33.0 Å². The molecule has 0 spiro atoms. The minimum atomic E-state index is -0.0918. The standard InChI is InChI=1S/C16H22N4O2S/c1-4-14-18-19-16(20(14)5-2)23-11-15(21)17-12-9-7-8-10-13(12)22-6-3/h7-10H,4-6,11H2,1-3H3,(H,17,21). The Labute approximate surface area is 140 Å². The predicted molar refractivity (Wildman–Crippen MR) is 92.0 cm³/mol. The molecule has 0 fully saturated rings. The van der Waals surface area contributed by atoms with E-state index in [1.807, 2.05) is 49.6 Å². The third kappa shape index (κ3) is 4.48. The van der Waals surface area contributed by atoms with Gasteiger partial charge in [0, 0.05) is 13.0 Å². The zero-order chi connectivity index (χ0) is 16.7. The number of hydrogen-bond donors (Lipinski definition) is 1. The van der Waals surface area contributed by atoms with Crippen molar-refractivity contribution in [3.63, 3.8) is 0 Å². The van der Waals surface area contributed by atoms with Crippen molar-refractivity contribution in [1.29, 1.82) is 0 Å². The maximum absolute atomic E-state index is 12.2. The second-order valence-corrected chi connectivity index (χ2v) is 5.71. The highest BCUT2D eigenvalue weighted by atomic mass is 32.2. The molecule has 0 saturated carbocycles. The summed E-state index contributed by atoms with van der Waals surface area (Å²) in [5.41, 5.74) is 0.686. The van der Waals surface area contributed by atoms with Crippen molar-refractivity contribution in [1.82, 2.24) is 14.8 Å². The lowest BCUT2D eigenvalue weighted by atomic mass is 10.3. The number of thioether (sulfide) groups is 1. The Hall–Kier alpha value is -2.02. The molecule has 0 saturated heterocycles. The SMILES string of the molecule is CCOc1ccccc1NC(=O)CSc1nnc(CC)n1CC. The van der Waals surface area contributed by atoms with Gasteiger partial charge in [0.1, 0.15) is 11.6 Å². The first-order valence-electron chi connectivity index (χ1n) is 7.76. The minimum absolute atomic E-state index is 0.0918. The highest BCUT2D eigenvalue weighted by molar-refractivity contribution is 7.99. The minimum Gasteiger partial charge on any atom is -0.492 e. The fourth-order valence-corrected chi connectivity index (χ4v) is 2.99. The molecule has 6 nitrogen and oxygen atoms in total. The van der Waals surface area contributed by atoms with Crippen molar-refractivity contribution in [2.24, 2.45) is 0 Å². The van der Waals surface area contributed by atoms with Gasteiger partial charge in [0.05, 0.1) is 18.0 Å². The number of para-hydroxylation sites is 2. The fraction of sp³-hybridized carbons (Fsp3) is 0.438. The van der Waals surface area contributed by atoms with Crippen LogP contribution in [0.15, 0.2) is 29.4 Å². The van der Waals surface area contributed by atoms with E-state index >= 15 is 0 Å². The quantitative estimate of drug-likeness (QED) is 0.752. The zero-order valence-corrected chi connectivity index (χ0v) is 14.5. The van der Waals surface area contributed by atoms with Crippen molar-refractivity contribution < 1.29 is 9.53 Å². The van der Waals surface area contributed by atoms with E-state index in [2.05, 4.69) is 15.5 Å². The number of carbonyl (C=O) groups is 1. The zero-order valence-electron chi connectivity index (χ0n) is 13.7. The Balaban J connectivity index is 1.97. The van der Waals surface area contributed by atoms with Crippen LogP contribution >= 0.6 is 11.8 Å². The highest BCUT2D eigenvalue weighted by Crippen LogP contribution is 2.24. The van der Waals surface area contributed by atoms with Crippen LogP contribution in [0, 0.1) is 0 Å². The van der Waals surface area contributed by atoms with Crippen LogP contribution in [0.1, 0.15) is 26.6 Å². The van der Waals surface area contributed by atoms with Crippen molar-refractivity contribution in [2.75, 3.05) is 17.7 Å². The third-order valence-corrected chi connectivity index (χ3v) is 4.19. The molecule has 23 heavy (non-hydrogen) atoms. The Morgan fingerprint density at radius 1 is 1.26 bits per heavy atom. The summed E-state index contributed by atoms with van der Waals surface area (Å²) in [7, 11) is 0. The van der Waals surface area contributed by atoms with Crippen LogP contribution in [0.4, 0.5) is 5.69 Å². The summed E-state index contributed by atoms with van der Waals surface area (Å²) >= 11 is 1.39. The molecular formula is C16H22N4O2S.